The lowest BCUT2D eigenvalue weighted by atomic mass is 10.2. The molecule has 0 unspecified atom stereocenters. The SMILES string of the molecule is CCOC(=O)c1cccc(O[C@@H](C)C(=O)Nc2cc(Cl)ccc2C)c1. The Morgan fingerprint density at radius 1 is 1.20 bits per heavy atom. The summed E-state index contributed by atoms with van der Waals surface area (Å²) in [6, 6.07) is 11.8. The fraction of sp³-hybridized carbons (Fsp3) is 0.263. The van der Waals surface area contributed by atoms with Crippen molar-refractivity contribution in [3.8, 4) is 5.75 Å². The predicted molar refractivity (Wildman–Crippen MR) is 97.3 cm³/mol. The molecular weight excluding hydrogens is 342 g/mol. The molecular formula is C19H20ClNO4. The van der Waals surface area contributed by atoms with E-state index in [0.717, 1.165) is 5.56 Å². The van der Waals surface area contributed by atoms with Gasteiger partial charge in [0.25, 0.3) is 5.91 Å². The molecule has 0 heterocycles. The van der Waals surface area contributed by atoms with Crippen molar-refractivity contribution < 1.29 is 19.1 Å². The lowest BCUT2D eigenvalue weighted by Gasteiger charge is -2.16. The van der Waals surface area contributed by atoms with Gasteiger partial charge in [-0.15, -0.1) is 0 Å². The molecule has 6 heteroatoms. The van der Waals surface area contributed by atoms with Gasteiger partial charge < -0.3 is 14.8 Å². The highest BCUT2D eigenvalue weighted by molar-refractivity contribution is 6.31. The first-order chi connectivity index (χ1) is 11.9. The molecule has 0 radical (unpaired) electrons. The van der Waals surface area contributed by atoms with E-state index in [2.05, 4.69) is 5.32 Å². The van der Waals surface area contributed by atoms with Crippen molar-refractivity contribution in [3.05, 3.63) is 58.6 Å². The Morgan fingerprint density at radius 3 is 2.68 bits per heavy atom. The van der Waals surface area contributed by atoms with Gasteiger partial charge in [0.2, 0.25) is 0 Å². The maximum absolute atomic E-state index is 12.3. The molecule has 0 aliphatic carbocycles. The summed E-state index contributed by atoms with van der Waals surface area (Å²) in [5.41, 5.74) is 1.90. The third kappa shape index (κ3) is 5.22. The van der Waals surface area contributed by atoms with Gasteiger partial charge in [0.15, 0.2) is 6.10 Å². The van der Waals surface area contributed by atoms with E-state index in [-0.39, 0.29) is 5.91 Å². The molecule has 0 saturated heterocycles. The number of rotatable bonds is 6. The molecule has 2 aromatic rings. The van der Waals surface area contributed by atoms with Gasteiger partial charge in [0.05, 0.1) is 12.2 Å². The second-order valence-corrected chi connectivity index (χ2v) is 5.89. The van der Waals surface area contributed by atoms with Crippen molar-refractivity contribution in [2.45, 2.75) is 26.9 Å². The second-order valence-electron chi connectivity index (χ2n) is 5.46. The van der Waals surface area contributed by atoms with Crippen LogP contribution in [0.3, 0.4) is 0 Å². The normalized spacial score (nSPS) is 11.5. The zero-order valence-electron chi connectivity index (χ0n) is 14.3. The van der Waals surface area contributed by atoms with Crippen LogP contribution in [0.15, 0.2) is 42.5 Å². The highest BCUT2D eigenvalue weighted by Crippen LogP contribution is 2.21. The maximum atomic E-state index is 12.3. The molecule has 25 heavy (non-hydrogen) atoms. The molecule has 5 nitrogen and oxygen atoms in total. The summed E-state index contributed by atoms with van der Waals surface area (Å²) >= 11 is 5.96. The van der Waals surface area contributed by atoms with Gasteiger partial charge in [-0.1, -0.05) is 23.7 Å². The Morgan fingerprint density at radius 2 is 1.96 bits per heavy atom. The van der Waals surface area contributed by atoms with Gasteiger partial charge in [0.1, 0.15) is 5.75 Å². The zero-order chi connectivity index (χ0) is 18.4. The first-order valence-electron chi connectivity index (χ1n) is 7.91. The molecule has 2 aromatic carbocycles. The number of benzene rings is 2. The smallest absolute Gasteiger partial charge is 0.338 e. The van der Waals surface area contributed by atoms with Crippen molar-refractivity contribution >= 4 is 29.2 Å². The number of carbonyl (C=O) groups is 2. The van der Waals surface area contributed by atoms with E-state index in [0.29, 0.717) is 28.6 Å². The van der Waals surface area contributed by atoms with Gasteiger partial charge in [-0.3, -0.25) is 4.79 Å². The minimum Gasteiger partial charge on any atom is -0.481 e. The van der Waals surface area contributed by atoms with Crippen LogP contribution >= 0.6 is 11.6 Å². The molecule has 0 spiro atoms. The zero-order valence-corrected chi connectivity index (χ0v) is 15.1. The average molecular weight is 362 g/mol. The van der Waals surface area contributed by atoms with Crippen LogP contribution in [0.25, 0.3) is 0 Å². The van der Waals surface area contributed by atoms with Gasteiger partial charge in [0, 0.05) is 10.7 Å². The fourth-order valence-corrected chi connectivity index (χ4v) is 2.30. The van der Waals surface area contributed by atoms with Crippen molar-refractivity contribution in [2.75, 3.05) is 11.9 Å². The molecule has 0 aromatic heterocycles. The number of hydrogen-bond donors (Lipinski definition) is 1. The minimum atomic E-state index is -0.754. The summed E-state index contributed by atoms with van der Waals surface area (Å²) in [4.78, 5) is 24.1. The quantitative estimate of drug-likeness (QED) is 0.782. The molecule has 1 amide bonds. The highest BCUT2D eigenvalue weighted by atomic mass is 35.5. The Bertz CT molecular complexity index is 776. The fourth-order valence-electron chi connectivity index (χ4n) is 2.13. The van der Waals surface area contributed by atoms with E-state index in [1.807, 2.05) is 13.0 Å². The van der Waals surface area contributed by atoms with Gasteiger partial charge >= 0.3 is 5.97 Å². The van der Waals surface area contributed by atoms with Crippen LogP contribution in [0.1, 0.15) is 29.8 Å². The molecule has 0 bridgehead atoms. The third-order valence-corrected chi connectivity index (χ3v) is 3.72. The second kappa shape index (κ2) is 8.53. The molecule has 2 rings (SSSR count). The van der Waals surface area contributed by atoms with E-state index < -0.39 is 12.1 Å². The summed E-state index contributed by atoms with van der Waals surface area (Å²) in [7, 11) is 0. The third-order valence-electron chi connectivity index (χ3n) is 3.48. The van der Waals surface area contributed by atoms with Crippen molar-refractivity contribution in [3.63, 3.8) is 0 Å². The molecule has 132 valence electrons. The topological polar surface area (TPSA) is 64.6 Å². The van der Waals surface area contributed by atoms with E-state index in [9.17, 15) is 9.59 Å². The summed E-state index contributed by atoms with van der Waals surface area (Å²) < 4.78 is 10.6. The van der Waals surface area contributed by atoms with Crippen LogP contribution in [-0.2, 0) is 9.53 Å². The van der Waals surface area contributed by atoms with Crippen LogP contribution < -0.4 is 10.1 Å². The number of carbonyl (C=O) groups excluding carboxylic acids is 2. The number of halogens is 1. The number of hydrogen-bond acceptors (Lipinski definition) is 4. The highest BCUT2D eigenvalue weighted by Gasteiger charge is 2.17. The summed E-state index contributed by atoms with van der Waals surface area (Å²) in [6.45, 7) is 5.54. The van der Waals surface area contributed by atoms with Crippen molar-refractivity contribution in [1.82, 2.24) is 0 Å². The number of nitrogens with one attached hydrogen (secondary N) is 1. The first-order valence-corrected chi connectivity index (χ1v) is 8.29. The van der Waals surface area contributed by atoms with Gasteiger partial charge in [-0.25, -0.2) is 4.79 Å². The molecule has 0 saturated carbocycles. The summed E-state index contributed by atoms with van der Waals surface area (Å²) in [5.74, 6) is -0.331. The molecule has 0 fully saturated rings. The first kappa shape index (κ1) is 18.8. The van der Waals surface area contributed by atoms with Crippen molar-refractivity contribution in [2.24, 2.45) is 0 Å². The number of amides is 1. The van der Waals surface area contributed by atoms with E-state index in [1.165, 1.54) is 0 Å². The molecule has 0 aliphatic heterocycles. The Balaban J connectivity index is 2.05. The lowest BCUT2D eigenvalue weighted by molar-refractivity contribution is -0.122. The summed E-state index contributed by atoms with van der Waals surface area (Å²) in [5, 5.41) is 3.33. The maximum Gasteiger partial charge on any atom is 0.338 e. The Kier molecular flexibility index (Phi) is 6.42. The molecule has 1 atom stereocenters. The number of aryl methyl sites for hydroxylation is 1. The minimum absolute atomic E-state index is 0.293. The van der Waals surface area contributed by atoms with Gasteiger partial charge in [-0.05, 0) is 56.7 Å². The number of anilines is 1. The van der Waals surface area contributed by atoms with Crippen LogP contribution in [0.2, 0.25) is 5.02 Å². The molecule has 1 N–H and O–H groups in total. The van der Waals surface area contributed by atoms with Gasteiger partial charge in [-0.2, -0.15) is 0 Å². The van der Waals surface area contributed by atoms with Crippen LogP contribution in [0.4, 0.5) is 5.69 Å². The monoisotopic (exact) mass is 361 g/mol. The van der Waals surface area contributed by atoms with E-state index in [1.54, 1.807) is 50.2 Å². The van der Waals surface area contributed by atoms with Crippen LogP contribution in [0.5, 0.6) is 5.75 Å². The van der Waals surface area contributed by atoms with Crippen LogP contribution in [-0.4, -0.2) is 24.6 Å². The standard InChI is InChI=1S/C19H20ClNO4/c1-4-24-19(23)14-6-5-7-16(10-14)25-13(3)18(22)21-17-11-15(20)9-8-12(17)2/h5-11,13H,4H2,1-3H3,(H,21,22)/t13-/m0/s1. The number of ether oxygens (including phenoxy) is 2. The predicted octanol–water partition coefficient (Wildman–Crippen LogP) is 4.23. The number of esters is 1. The lowest BCUT2D eigenvalue weighted by Crippen LogP contribution is -2.30. The van der Waals surface area contributed by atoms with E-state index >= 15 is 0 Å². The van der Waals surface area contributed by atoms with Crippen molar-refractivity contribution in [1.29, 1.82) is 0 Å². The van der Waals surface area contributed by atoms with Crippen LogP contribution in [0, 0.1) is 6.92 Å². The average Bonchev–Trinajstić information content (AvgIpc) is 2.58. The van der Waals surface area contributed by atoms with E-state index in [4.69, 9.17) is 21.1 Å². The largest absolute Gasteiger partial charge is 0.481 e. The Hall–Kier alpha value is -2.53. The summed E-state index contributed by atoms with van der Waals surface area (Å²) in [6.07, 6.45) is -0.754. The molecule has 0 aliphatic rings. The Labute approximate surface area is 151 Å².